The molecule has 1 atom stereocenters. The molecular weight excluding hydrogens is 546 g/mol. The average Bonchev–Trinajstić information content (AvgIpc) is 3.62. The third-order valence-corrected chi connectivity index (χ3v) is 8.05. The fraction of sp³-hybridized carbons (Fsp3) is 0.424. The van der Waals surface area contributed by atoms with Crippen LogP contribution in [0.3, 0.4) is 0 Å². The van der Waals surface area contributed by atoms with Crippen LogP contribution >= 0.6 is 0 Å². The zero-order valence-electron chi connectivity index (χ0n) is 24.8. The van der Waals surface area contributed by atoms with Gasteiger partial charge in [-0.15, -0.1) is 0 Å². The lowest BCUT2D eigenvalue weighted by Gasteiger charge is -2.28. The Kier molecular flexibility index (Phi) is 9.47. The molecule has 43 heavy (non-hydrogen) atoms. The van der Waals surface area contributed by atoms with E-state index in [1.54, 1.807) is 16.7 Å². The van der Waals surface area contributed by atoms with Gasteiger partial charge in [0.15, 0.2) is 0 Å². The Morgan fingerprint density at radius 1 is 1.16 bits per heavy atom. The maximum absolute atomic E-state index is 12.7. The maximum atomic E-state index is 12.7. The first-order valence-corrected chi connectivity index (χ1v) is 15.0. The van der Waals surface area contributed by atoms with Gasteiger partial charge in [0.1, 0.15) is 29.7 Å². The maximum Gasteiger partial charge on any atom is 0.326 e. The molecular formula is C33H41N5O5. The minimum Gasteiger partial charge on any atom is -0.489 e. The van der Waals surface area contributed by atoms with Gasteiger partial charge in [-0.2, -0.15) is 0 Å². The first kappa shape index (κ1) is 30.3. The Labute approximate surface area is 251 Å². The second-order valence-electron chi connectivity index (χ2n) is 12.1. The molecule has 5 rings (SSSR count). The number of nitrogens with one attached hydrogen (secondary N) is 2. The summed E-state index contributed by atoms with van der Waals surface area (Å²) in [6, 6.07) is 16.5. The van der Waals surface area contributed by atoms with E-state index in [-0.39, 0.29) is 17.8 Å². The van der Waals surface area contributed by atoms with Crippen molar-refractivity contribution in [3.8, 4) is 17.4 Å². The molecule has 0 bridgehead atoms. The number of aliphatic hydroxyl groups excluding tert-OH is 1. The summed E-state index contributed by atoms with van der Waals surface area (Å²) in [7, 11) is 0. The number of ether oxygens (including phenoxy) is 2. The number of nitrogens with two attached hydrogens (primary N) is 1. The molecule has 1 saturated carbocycles. The number of nitrogens with zero attached hydrogens (tertiary/aromatic N) is 2. The van der Waals surface area contributed by atoms with Gasteiger partial charge in [0, 0.05) is 30.9 Å². The summed E-state index contributed by atoms with van der Waals surface area (Å²) in [6.07, 6.45) is 7.39. The zero-order chi connectivity index (χ0) is 30.4. The van der Waals surface area contributed by atoms with Crippen molar-refractivity contribution in [2.24, 2.45) is 11.7 Å². The van der Waals surface area contributed by atoms with E-state index in [9.17, 15) is 14.7 Å². The molecule has 1 fully saturated rings. The fourth-order valence-corrected chi connectivity index (χ4v) is 5.72. The molecule has 4 aromatic rings. The van der Waals surface area contributed by atoms with Crippen LogP contribution in [0.1, 0.15) is 61.9 Å². The molecule has 2 aromatic carbocycles. The summed E-state index contributed by atoms with van der Waals surface area (Å²) < 4.78 is 13.6. The number of imidazole rings is 1. The van der Waals surface area contributed by atoms with Crippen LogP contribution in [0.2, 0.25) is 0 Å². The number of pyridine rings is 1. The van der Waals surface area contributed by atoms with Crippen LogP contribution in [0.15, 0.2) is 65.6 Å². The van der Waals surface area contributed by atoms with Crippen LogP contribution in [-0.4, -0.2) is 50.3 Å². The van der Waals surface area contributed by atoms with Crippen LogP contribution in [0.4, 0.5) is 0 Å². The van der Waals surface area contributed by atoms with Crippen molar-refractivity contribution < 1.29 is 19.4 Å². The Balaban J connectivity index is 1.12. The predicted octanol–water partition coefficient (Wildman–Crippen LogP) is 4.55. The van der Waals surface area contributed by atoms with Crippen molar-refractivity contribution in [1.82, 2.24) is 19.9 Å². The number of amides is 1. The molecule has 0 spiro atoms. The van der Waals surface area contributed by atoms with E-state index in [0.717, 1.165) is 29.4 Å². The number of hydrogen-bond acceptors (Lipinski definition) is 7. The standard InChI is InChI=1S/C33H41N5O5/c1-33(2,18-23-10-13-26(14-11-23)43-29-15-12-24(19-35-29)31(34)40)36-20-25(39)21-42-28-9-5-8-27-30(28)38(32(41)37-27)17-16-22-6-3-4-7-22/h5,8-15,19,22,25,36,39H,3-4,6-7,16-18,20-21H2,1-2H3,(H2,34,40)(H,37,41)/t25-/m0/s1. The third-order valence-electron chi connectivity index (χ3n) is 8.05. The summed E-state index contributed by atoms with van der Waals surface area (Å²) in [5.41, 5.74) is 7.77. The Morgan fingerprint density at radius 3 is 2.63 bits per heavy atom. The second kappa shape index (κ2) is 13.4. The van der Waals surface area contributed by atoms with Crippen molar-refractivity contribution >= 4 is 16.9 Å². The molecule has 2 heterocycles. The van der Waals surface area contributed by atoms with Crippen molar-refractivity contribution in [3.63, 3.8) is 0 Å². The number of aryl methyl sites for hydroxylation is 1. The number of para-hydroxylation sites is 1. The minimum absolute atomic E-state index is 0.102. The van der Waals surface area contributed by atoms with Crippen LogP contribution in [0.5, 0.6) is 17.4 Å². The number of rotatable bonds is 14. The van der Waals surface area contributed by atoms with E-state index in [1.165, 1.54) is 31.9 Å². The third kappa shape index (κ3) is 8.03. The normalized spacial score (nSPS) is 14.7. The lowest BCUT2D eigenvalue weighted by molar-refractivity contribution is 0.0993. The molecule has 10 nitrogen and oxygen atoms in total. The molecule has 1 aliphatic rings. The molecule has 0 unspecified atom stereocenters. The number of benzene rings is 2. The summed E-state index contributed by atoms with van der Waals surface area (Å²) in [4.78, 5) is 31.0. The highest BCUT2D eigenvalue weighted by atomic mass is 16.5. The highest BCUT2D eigenvalue weighted by molar-refractivity contribution is 5.92. The van der Waals surface area contributed by atoms with Gasteiger partial charge in [-0.1, -0.05) is 43.9 Å². The fourth-order valence-electron chi connectivity index (χ4n) is 5.72. The molecule has 228 valence electrons. The number of carbonyl (C=O) groups excluding carboxylic acids is 1. The quantitative estimate of drug-likeness (QED) is 0.169. The predicted molar refractivity (Wildman–Crippen MR) is 166 cm³/mol. The Hall–Kier alpha value is -4.15. The van der Waals surface area contributed by atoms with E-state index in [0.29, 0.717) is 41.9 Å². The van der Waals surface area contributed by atoms with E-state index in [1.807, 2.05) is 42.5 Å². The van der Waals surface area contributed by atoms with Gasteiger partial charge in [-0.3, -0.25) is 9.36 Å². The van der Waals surface area contributed by atoms with Gasteiger partial charge < -0.3 is 30.6 Å². The monoisotopic (exact) mass is 587 g/mol. The summed E-state index contributed by atoms with van der Waals surface area (Å²) in [6.45, 7) is 5.28. The highest BCUT2D eigenvalue weighted by Gasteiger charge is 2.21. The van der Waals surface area contributed by atoms with E-state index in [4.69, 9.17) is 15.2 Å². The van der Waals surface area contributed by atoms with E-state index >= 15 is 0 Å². The van der Waals surface area contributed by atoms with Crippen molar-refractivity contribution in [1.29, 1.82) is 0 Å². The minimum atomic E-state index is -0.739. The van der Waals surface area contributed by atoms with Crippen LogP contribution in [-0.2, 0) is 13.0 Å². The number of hydrogen-bond donors (Lipinski definition) is 4. The number of primary amides is 1. The molecule has 0 radical (unpaired) electrons. The second-order valence-corrected chi connectivity index (χ2v) is 12.1. The number of β-amino-alcohol motifs (C(OH)–C–C–N with tert-alkyl or cyclic N) is 1. The number of aromatic nitrogens is 3. The van der Waals surface area contributed by atoms with Crippen molar-refractivity contribution in [3.05, 3.63) is 82.4 Å². The summed E-state index contributed by atoms with van der Waals surface area (Å²) in [5.74, 6) is 1.74. The van der Waals surface area contributed by atoms with Crippen molar-refractivity contribution in [2.75, 3.05) is 13.2 Å². The highest BCUT2D eigenvalue weighted by Crippen LogP contribution is 2.29. The van der Waals surface area contributed by atoms with Gasteiger partial charge in [-0.25, -0.2) is 9.78 Å². The van der Waals surface area contributed by atoms with Gasteiger partial charge in [0.25, 0.3) is 0 Å². The van der Waals surface area contributed by atoms with Crippen LogP contribution < -0.4 is 26.2 Å². The molecule has 10 heteroatoms. The SMILES string of the molecule is CC(C)(Cc1ccc(Oc2ccc(C(N)=O)cn2)cc1)NC[C@H](O)COc1cccc2[nH]c(=O)n(CCC3CCCC3)c12. The largest absolute Gasteiger partial charge is 0.489 e. The van der Waals surface area contributed by atoms with Crippen LogP contribution in [0, 0.1) is 5.92 Å². The number of carbonyl (C=O) groups is 1. The first-order chi connectivity index (χ1) is 20.7. The number of aliphatic hydroxyl groups is 1. The lowest BCUT2D eigenvalue weighted by atomic mass is 9.94. The van der Waals surface area contributed by atoms with E-state index < -0.39 is 12.0 Å². The molecule has 1 amide bonds. The van der Waals surface area contributed by atoms with Crippen molar-refractivity contribution in [2.45, 2.75) is 70.6 Å². The average molecular weight is 588 g/mol. The lowest BCUT2D eigenvalue weighted by Crippen LogP contribution is -2.46. The van der Waals surface area contributed by atoms with Gasteiger partial charge in [0.05, 0.1) is 11.1 Å². The zero-order valence-corrected chi connectivity index (χ0v) is 24.8. The van der Waals surface area contributed by atoms with Crippen LogP contribution in [0.25, 0.3) is 11.0 Å². The summed E-state index contributed by atoms with van der Waals surface area (Å²) in [5, 5.41) is 14.2. The molecule has 5 N–H and O–H groups in total. The smallest absolute Gasteiger partial charge is 0.326 e. The Morgan fingerprint density at radius 2 is 1.93 bits per heavy atom. The number of aromatic amines is 1. The molecule has 0 aliphatic heterocycles. The molecule has 1 aliphatic carbocycles. The number of fused-ring (bicyclic) bond motifs is 1. The Bertz CT molecular complexity index is 1570. The van der Waals surface area contributed by atoms with Gasteiger partial charge >= 0.3 is 5.69 Å². The van der Waals surface area contributed by atoms with Gasteiger partial charge in [-0.05, 0) is 68.5 Å². The first-order valence-electron chi connectivity index (χ1n) is 15.0. The summed E-state index contributed by atoms with van der Waals surface area (Å²) >= 11 is 0. The molecule has 0 saturated heterocycles. The molecule has 2 aromatic heterocycles. The van der Waals surface area contributed by atoms with E-state index in [2.05, 4.69) is 29.1 Å². The van der Waals surface area contributed by atoms with Gasteiger partial charge in [0.2, 0.25) is 11.8 Å². The number of H-pyrrole nitrogens is 1. The topological polar surface area (TPSA) is 144 Å².